The fraction of sp³-hybridized carbons (Fsp3) is 0.320. The Morgan fingerprint density at radius 1 is 1.06 bits per heavy atom. The smallest absolute Gasteiger partial charge is 0.231 e. The van der Waals surface area contributed by atoms with Gasteiger partial charge in [0.1, 0.15) is 5.75 Å². The van der Waals surface area contributed by atoms with Gasteiger partial charge in [0.2, 0.25) is 5.91 Å². The zero-order valence-corrected chi connectivity index (χ0v) is 18.1. The zero-order chi connectivity index (χ0) is 21.6. The molecule has 1 aliphatic heterocycles. The molecule has 31 heavy (non-hydrogen) atoms. The van der Waals surface area contributed by atoms with Crippen LogP contribution in [0.15, 0.2) is 66.7 Å². The second-order valence-corrected chi connectivity index (χ2v) is 7.71. The quantitative estimate of drug-likeness (QED) is 0.595. The summed E-state index contributed by atoms with van der Waals surface area (Å²) in [7, 11) is 1.65. The van der Waals surface area contributed by atoms with E-state index < -0.39 is 0 Å². The highest BCUT2D eigenvalue weighted by Gasteiger charge is 2.30. The molecule has 160 valence electrons. The first-order valence-corrected chi connectivity index (χ1v) is 10.8. The molecule has 1 aliphatic rings. The van der Waals surface area contributed by atoms with Gasteiger partial charge in [-0.1, -0.05) is 18.2 Å². The van der Waals surface area contributed by atoms with E-state index in [0.717, 1.165) is 47.9 Å². The summed E-state index contributed by atoms with van der Waals surface area (Å²) in [5.74, 6) is 1.77. The maximum absolute atomic E-state index is 13.3. The summed E-state index contributed by atoms with van der Waals surface area (Å²) in [6.07, 6.45) is 1.86. The number of para-hydroxylation sites is 1. The summed E-state index contributed by atoms with van der Waals surface area (Å²) in [4.78, 5) is 17.3. The maximum atomic E-state index is 13.3. The summed E-state index contributed by atoms with van der Waals surface area (Å²) >= 11 is 0. The van der Waals surface area contributed by atoms with E-state index in [9.17, 15) is 4.79 Å². The molecule has 0 bridgehead atoms. The Balaban J connectivity index is 1.46. The molecule has 1 unspecified atom stereocenters. The molecule has 1 atom stereocenters. The van der Waals surface area contributed by atoms with Crippen LogP contribution in [-0.2, 0) is 4.79 Å². The normalized spacial score (nSPS) is 16.1. The summed E-state index contributed by atoms with van der Waals surface area (Å²) in [6.45, 7) is 4.24. The van der Waals surface area contributed by atoms with E-state index >= 15 is 0 Å². The Hall–Kier alpha value is -3.41. The molecule has 6 nitrogen and oxygen atoms in total. The summed E-state index contributed by atoms with van der Waals surface area (Å²) < 4.78 is 5.21. The molecule has 2 aromatic carbocycles. The fourth-order valence-electron chi connectivity index (χ4n) is 4.09. The van der Waals surface area contributed by atoms with Gasteiger partial charge in [0.25, 0.3) is 0 Å². The summed E-state index contributed by atoms with van der Waals surface area (Å²) in [6, 6.07) is 21.6. The first-order valence-electron chi connectivity index (χ1n) is 10.8. The second kappa shape index (κ2) is 9.60. The molecule has 4 rings (SSSR count). The summed E-state index contributed by atoms with van der Waals surface area (Å²) in [5, 5.41) is 8.88. The van der Waals surface area contributed by atoms with Crippen molar-refractivity contribution >= 4 is 17.4 Å². The van der Waals surface area contributed by atoms with Crippen LogP contribution in [0, 0.1) is 5.92 Å². The minimum atomic E-state index is -0.0445. The average molecular weight is 417 g/mol. The van der Waals surface area contributed by atoms with Crippen LogP contribution in [0.5, 0.6) is 5.75 Å². The lowest BCUT2D eigenvalue weighted by molar-refractivity contribution is -0.122. The molecule has 1 saturated heterocycles. The molecule has 0 N–H and O–H groups in total. The van der Waals surface area contributed by atoms with Crippen LogP contribution in [0.3, 0.4) is 0 Å². The van der Waals surface area contributed by atoms with Gasteiger partial charge in [0.15, 0.2) is 5.82 Å². The molecular weight excluding hydrogens is 388 g/mol. The van der Waals surface area contributed by atoms with Crippen molar-refractivity contribution < 1.29 is 9.53 Å². The number of rotatable bonds is 6. The van der Waals surface area contributed by atoms with Crippen LogP contribution >= 0.6 is 0 Å². The lowest BCUT2D eigenvalue weighted by atomic mass is 9.96. The number of hydrogen-bond acceptors (Lipinski definition) is 5. The molecule has 3 aromatic rings. The van der Waals surface area contributed by atoms with Gasteiger partial charge in [-0.25, -0.2) is 0 Å². The number of anilines is 2. The van der Waals surface area contributed by atoms with Crippen molar-refractivity contribution in [2.75, 3.05) is 36.5 Å². The molecule has 0 aliphatic carbocycles. The number of ether oxygens (including phenoxy) is 1. The average Bonchev–Trinajstić information content (AvgIpc) is 2.85. The minimum absolute atomic E-state index is 0.0445. The highest BCUT2D eigenvalue weighted by Crippen LogP contribution is 2.26. The van der Waals surface area contributed by atoms with Crippen LogP contribution in [0.1, 0.15) is 19.8 Å². The van der Waals surface area contributed by atoms with Crippen LogP contribution < -0.4 is 14.5 Å². The maximum Gasteiger partial charge on any atom is 0.231 e. The minimum Gasteiger partial charge on any atom is -0.497 e. The predicted octanol–water partition coefficient (Wildman–Crippen LogP) is 4.42. The van der Waals surface area contributed by atoms with Crippen molar-refractivity contribution in [2.45, 2.75) is 19.8 Å². The van der Waals surface area contributed by atoms with Crippen LogP contribution in [0.2, 0.25) is 0 Å². The van der Waals surface area contributed by atoms with Crippen LogP contribution in [-0.4, -0.2) is 42.8 Å². The summed E-state index contributed by atoms with van der Waals surface area (Å²) in [5.41, 5.74) is 2.76. The first kappa shape index (κ1) is 20.8. The largest absolute Gasteiger partial charge is 0.497 e. The lowest BCUT2D eigenvalue weighted by Gasteiger charge is -2.35. The van der Waals surface area contributed by atoms with E-state index in [4.69, 9.17) is 4.74 Å². The lowest BCUT2D eigenvalue weighted by Crippen LogP contribution is -2.45. The Morgan fingerprint density at radius 2 is 1.84 bits per heavy atom. The Kier molecular flexibility index (Phi) is 6.46. The standard InChI is InChI=1S/C25H28N4O2/c1-3-29(21-9-5-4-6-10-21)25(30)20-8-7-17-28(18-20)24-16-15-23(26-27-24)19-11-13-22(31-2)14-12-19/h4-6,9-16,20H,3,7-8,17-18H2,1-2H3. The number of aromatic nitrogens is 2. The van der Waals surface area contributed by atoms with E-state index in [1.807, 2.05) is 78.6 Å². The number of benzene rings is 2. The first-order chi connectivity index (χ1) is 15.2. The van der Waals surface area contributed by atoms with Gasteiger partial charge >= 0.3 is 0 Å². The van der Waals surface area contributed by atoms with E-state index in [1.165, 1.54) is 0 Å². The third kappa shape index (κ3) is 4.68. The Morgan fingerprint density at radius 3 is 2.48 bits per heavy atom. The van der Waals surface area contributed by atoms with Gasteiger partial charge < -0.3 is 14.5 Å². The third-order valence-corrected chi connectivity index (χ3v) is 5.78. The molecule has 1 amide bonds. The topological polar surface area (TPSA) is 58.6 Å². The van der Waals surface area contributed by atoms with Crippen molar-refractivity contribution in [1.29, 1.82) is 0 Å². The molecule has 2 heterocycles. The zero-order valence-electron chi connectivity index (χ0n) is 18.1. The fourth-order valence-corrected chi connectivity index (χ4v) is 4.09. The second-order valence-electron chi connectivity index (χ2n) is 7.71. The van der Waals surface area contributed by atoms with Gasteiger partial charge in [0, 0.05) is 30.9 Å². The Bertz CT molecular complexity index is 990. The van der Waals surface area contributed by atoms with Crippen LogP contribution in [0.25, 0.3) is 11.3 Å². The molecular formula is C25H28N4O2. The Labute approximate surface area is 183 Å². The van der Waals surface area contributed by atoms with Crippen molar-refractivity contribution in [3.8, 4) is 17.0 Å². The number of amides is 1. The highest BCUT2D eigenvalue weighted by atomic mass is 16.5. The van der Waals surface area contributed by atoms with E-state index in [0.29, 0.717) is 13.1 Å². The van der Waals surface area contributed by atoms with E-state index in [-0.39, 0.29) is 11.8 Å². The van der Waals surface area contributed by atoms with Gasteiger partial charge in [-0.3, -0.25) is 4.79 Å². The van der Waals surface area contributed by atoms with Gasteiger partial charge in [-0.15, -0.1) is 10.2 Å². The molecule has 0 spiro atoms. The SMILES string of the molecule is CCN(C(=O)C1CCCN(c2ccc(-c3ccc(OC)cc3)nn2)C1)c1ccccc1. The van der Waals surface area contributed by atoms with Crippen molar-refractivity contribution in [1.82, 2.24) is 10.2 Å². The molecule has 1 fully saturated rings. The molecule has 0 radical (unpaired) electrons. The van der Waals surface area contributed by atoms with E-state index in [2.05, 4.69) is 15.1 Å². The van der Waals surface area contributed by atoms with Gasteiger partial charge in [0.05, 0.1) is 18.7 Å². The van der Waals surface area contributed by atoms with Crippen molar-refractivity contribution in [3.63, 3.8) is 0 Å². The molecule has 6 heteroatoms. The van der Waals surface area contributed by atoms with E-state index in [1.54, 1.807) is 7.11 Å². The number of nitrogens with zero attached hydrogens (tertiary/aromatic N) is 4. The van der Waals surface area contributed by atoms with Crippen molar-refractivity contribution in [3.05, 3.63) is 66.7 Å². The van der Waals surface area contributed by atoms with Crippen LogP contribution in [0.4, 0.5) is 11.5 Å². The monoisotopic (exact) mass is 416 g/mol. The molecule has 1 aromatic heterocycles. The number of methoxy groups -OCH3 is 1. The number of carbonyl (C=O) groups excluding carboxylic acids is 1. The van der Waals surface area contributed by atoms with Gasteiger partial charge in [-0.05, 0) is 68.3 Å². The number of hydrogen-bond donors (Lipinski definition) is 0. The van der Waals surface area contributed by atoms with Gasteiger partial charge in [-0.2, -0.15) is 0 Å². The number of piperidine rings is 1. The highest BCUT2D eigenvalue weighted by molar-refractivity contribution is 5.95. The number of carbonyl (C=O) groups is 1. The third-order valence-electron chi connectivity index (χ3n) is 5.78. The van der Waals surface area contributed by atoms with Crippen molar-refractivity contribution in [2.24, 2.45) is 5.92 Å². The predicted molar refractivity (Wildman–Crippen MR) is 123 cm³/mol. The molecule has 0 saturated carbocycles.